The molecule has 3 rings (SSSR count). The predicted octanol–water partition coefficient (Wildman–Crippen LogP) is 3.46. The SMILES string of the molecule is CCC(CC)N1C(=O)C2(CC2)NC1c1ccc(C)cc1C. The van der Waals surface area contributed by atoms with Gasteiger partial charge in [0.05, 0.1) is 0 Å². The van der Waals surface area contributed by atoms with Crippen molar-refractivity contribution in [3.8, 4) is 0 Å². The lowest BCUT2D eigenvalue weighted by Crippen LogP contribution is -2.40. The average Bonchev–Trinajstić information content (AvgIpc) is 3.18. The summed E-state index contributed by atoms with van der Waals surface area (Å²) in [4.78, 5) is 15.0. The normalized spacial score (nSPS) is 23.4. The highest BCUT2D eigenvalue weighted by molar-refractivity contribution is 5.92. The van der Waals surface area contributed by atoms with Gasteiger partial charge in [-0.05, 0) is 50.7 Å². The van der Waals surface area contributed by atoms with Crippen molar-refractivity contribution in [1.82, 2.24) is 10.2 Å². The summed E-state index contributed by atoms with van der Waals surface area (Å²) >= 11 is 0. The topological polar surface area (TPSA) is 32.3 Å². The molecule has 1 atom stereocenters. The van der Waals surface area contributed by atoms with E-state index in [1.165, 1.54) is 16.7 Å². The first-order valence-corrected chi connectivity index (χ1v) is 8.20. The van der Waals surface area contributed by atoms with Crippen LogP contribution in [0.5, 0.6) is 0 Å². The molecular formula is C18H26N2O. The summed E-state index contributed by atoms with van der Waals surface area (Å²) < 4.78 is 0. The van der Waals surface area contributed by atoms with Gasteiger partial charge in [0.2, 0.25) is 5.91 Å². The minimum absolute atomic E-state index is 0.0468. The Morgan fingerprint density at radius 3 is 2.48 bits per heavy atom. The van der Waals surface area contributed by atoms with Crippen LogP contribution in [0.3, 0.4) is 0 Å². The first kappa shape index (κ1) is 14.6. The number of carbonyl (C=O) groups is 1. The summed E-state index contributed by atoms with van der Waals surface area (Å²) in [6, 6.07) is 6.88. The molecule has 1 unspecified atom stereocenters. The highest BCUT2D eigenvalue weighted by Gasteiger charge is 2.60. The van der Waals surface area contributed by atoms with Crippen molar-refractivity contribution in [3.63, 3.8) is 0 Å². The summed E-state index contributed by atoms with van der Waals surface area (Å²) in [5, 5.41) is 3.64. The lowest BCUT2D eigenvalue weighted by atomic mass is 10.0. The zero-order chi connectivity index (χ0) is 15.2. The molecule has 1 aliphatic heterocycles. The first-order valence-electron chi connectivity index (χ1n) is 8.20. The lowest BCUT2D eigenvalue weighted by molar-refractivity contribution is -0.133. The van der Waals surface area contributed by atoms with Gasteiger partial charge in [0, 0.05) is 6.04 Å². The lowest BCUT2D eigenvalue weighted by Gasteiger charge is -2.32. The monoisotopic (exact) mass is 286 g/mol. The molecule has 1 aromatic carbocycles. The number of carbonyl (C=O) groups excluding carboxylic acids is 1. The van der Waals surface area contributed by atoms with Gasteiger partial charge in [-0.25, -0.2) is 0 Å². The average molecular weight is 286 g/mol. The minimum atomic E-state index is -0.245. The molecule has 1 amide bonds. The van der Waals surface area contributed by atoms with Gasteiger partial charge < -0.3 is 4.90 Å². The van der Waals surface area contributed by atoms with Crippen LogP contribution in [-0.4, -0.2) is 22.4 Å². The van der Waals surface area contributed by atoms with E-state index in [-0.39, 0.29) is 11.7 Å². The largest absolute Gasteiger partial charge is 0.318 e. The Morgan fingerprint density at radius 2 is 1.95 bits per heavy atom. The number of hydrogen-bond donors (Lipinski definition) is 1. The minimum Gasteiger partial charge on any atom is -0.318 e. The van der Waals surface area contributed by atoms with Crippen LogP contribution in [-0.2, 0) is 4.79 Å². The highest BCUT2D eigenvalue weighted by Crippen LogP contribution is 2.47. The number of benzene rings is 1. The van der Waals surface area contributed by atoms with Crippen LogP contribution in [0.4, 0.5) is 0 Å². The number of aryl methyl sites for hydroxylation is 2. The van der Waals surface area contributed by atoms with Crippen LogP contribution in [0.25, 0.3) is 0 Å². The second-order valence-corrected chi connectivity index (χ2v) is 6.67. The van der Waals surface area contributed by atoms with E-state index < -0.39 is 0 Å². The molecule has 1 aliphatic carbocycles. The van der Waals surface area contributed by atoms with Crippen LogP contribution in [0.1, 0.15) is 62.4 Å². The van der Waals surface area contributed by atoms with Crippen molar-refractivity contribution in [1.29, 1.82) is 0 Å². The van der Waals surface area contributed by atoms with E-state index >= 15 is 0 Å². The van der Waals surface area contributed by atoms with Crippen LogP contribution in [0.15, 0.2) is 18.2 Å². The molecule has 1 heterocycles. The van der Waals surface area contributed by atoms with E-state index in [2.05, 4.69) is 56.1 Å². The van der Waals surface area contributed by atoms with Crippen molar-refractivity contribution in [2.24, 2.45) is 0 Å². The van der Waals surface area contributed by atoms with Crippen molar-refractivity contribution in [2.45, 2.75) is 71.1 Å². The van der Waals surface area contributed by atoms with Gasteiger partial charge in [0.25, 0.3) is 0 Å². The van der Waals surface area contributed by atoms with Crippen LogP contribution in [0, 0.1) is 13.8 Å². The summed E-state index contributed by atoms with van der Waals surface area (Å²) in [7, 11) is 0. The highest BCUT2D eigenvalue weighted by atomic mass is 16.2. The van der Waals surface area contributed by atoms with Crippen LogP contribution in [0.2, 0.25) is 0 Å². The fourth-order valence-electron chi connectivity index (χ4n) is 3.66. The third kappa shape index (κ3) is 2.28. The summed E-state index contributed by atoms with van der Waals surface area (Å²) in [5.41, 5.74) is 3.55. The van der Waals surface area contributed by atoms with Crippen LogP contribution < -0.4 is 5.32 Å². The molecule has 0 aromatic heterocycles. The maximum atomic E-state index is 12.9. The molecule has 3 nitrogen and oxygen atoms in total. The van der Waals surface area contributed by atoms with E-state index in [1.807, 2.05) is 0 Å². The van der Waals surface area contributed by atoms with E-state index in [0.717, 1.165) is 25.7 Å². The van der Waals surface area contributed by atoms with E-state index in [0.29, 0.717) is 11.9 Å². The van der Waals surface area contributed by atoms with Gasteiger partial charge in [-0.15, -0.1) is 0 Å². The third-order valence-corrected chi connectivity index (χ3v) is 5.14. The van der Waals surface area contributed by atoms with E-state index in [9.17, 15) is 4.79 Å². The molecule has 1 saturated carbocycles. The van der Waals surface area contributed by atoms with Crippen molar-refractivity contribution >= 4 is 5.91 Å². The van der Waals surface area contributed by atoms with Crippen molar-refractivity contribution in [3.05, 3.63) is 34.9 Å². The molecule has 1 aromatic rings. The molecule has 1 N–H and O–H groups in total. The zero-order valence-corrected chi connectivity index (χ0v) is 13.6. The Hall–Kier alpha value is -1.35. The zero-order valence-electron chi connectivity index (χ0n) is 13.6. The summed E-state index contributed by atoms with van der Waals surface area (Å²) in [6.07, 6.45) is 4.06. The molecule has 21 heavy (non-hydrogen) atoms. The third-order valence-electron chi connectivity index (χ3n) is 5.14. The number of nitrogens with one attached hydrogen (secondary N) is 1. The van der Waals surface area contributed by atoms with Gasteiger partial charge in [-0.1, -0.05) is 37.6 Å². The molecule has 3 heteroatoms. The van der Waals surface area contributed by atoms with E-state index in [1.54, 1.807) is 0 Å². The molecule has 114 valence electrons. The molecular weight excluding hydrogens is 260 g/mol. The number of amides is 1. The second-order valence-electron chi connectivity index (χ2n) is 6.67. The van der Waals surface area contributed by atoms with Gasteiger partial charge >= 0.3 is 0 Å². The Balaban J connectivity index is 2.00. The van der Waals surface area contributed by atoms with Gasteiger partial charge in [-0.3, -0.25) is 10.1 Å². The maximum absolute atomic E-state index is 12.9. The molecule has 1 spiro atoms. The van der Waals surface area contributed by atoms with Crippen molar-refractivity contribution < 1.29 is 4.79 Å². The Labute approximate surface area is 127 Å². The molecule has 2 fully saturated rings. The summed E-state index contributed by atoms with van der Waals surface area (Å²) in [6.45, 7) is 8.62. The number of rotatable bonds is 4. The molecule has 0 radical (unpaired) electrons. The smallest absolute Gasteiger partial charge is 0.244 e. The molecule has 0 bridgehead atoms. The Morgan fingerprint density at radius 1 is 1.29 bits per heavy atom. The second kappa shape index (κ2) is 5.13. The Kier molecular flexibility index (Phi) is 3.56. The maximum Gasteiger partial charge on any atom is 0.244 e. The fourth-order valence-corrected chi connectivity index (χ4v) is 3.66. The number of hydrogen-bond acceptors (Lipinski definition) is 2. The molecule has 2 aliphatic rings. The Bertz CT molecular complexity index is 558. The summed E-state index contributed by atoms with van der Waals surface area (Å²) in [5.74, 6) is 0.321. The molecule has 1 saturated heterocycles. The quantitative estimate of drug-likeness (QED) is 0.919. The fraction of sp³-hybridized carbons (Fsp3) is 0.611. The van der Waals surface area contributed by atoms with Gasteiger partial charge in [-0.2, -0.15) is 0 Å². The number of nitrogens with zero attached hydrogens (tertiary/aromatic N) is 1. The van der Waals surface area contributed by atoms with Gasteiger partial charge in [0.15, 0.2) is 0 Å². The van der Waals surface area contributed by atoms with Crippen molar-refractivity contribution in [2.75, 3.05) is 0 Å². The van der Waals surface area contributed by atoms with Gasteiger partial charge in [0.1, 0.15) is 11.7 Å². The predicted molar refractivity (Wildman–Crippen MR) is 85.0 cm³/mol. The van der Waals surface area contributed by atoms with Crippen LogP contribution >= 0.6 is 0 Å². The standard InChI is InChI=1S/C18H26N2O/c1-5-14(6-2)20-16(19-18(9-10-18)17(20)21)15-8-7-12(3)11-13(15)4/h7-8,11,14,16,19H,5-6,9-10H2,1-4H3. The van der Waals surface area contributed by atoms with E-state index in [4.69, 9.17) is 0 Å². The first-order chi connectivity index (χ1) is 10.0.